The van der Waals surface area contributed by atoms with Crippen LogP contribution in [0.3, 0.4) is 0 Å². The molecule has 0 amide bonds. The van der Waals surface area contributed by atoms with Crippen LogP contribution in [-0.4, -0.2) is 53.2 Å². The Labute approximate surface area is 181 Å². The molecule has 2 aliphatic rings. The fourth-order valence-electron chi connectivity index (χ4n) is 4.87. The maximum absolute atomic E-state index is 13.2. The van der Waals surface area contributed by atoms with E-state index in [-0.39, 0.29) is 5.56 Å². The molecule has 1 aliphatic carbocycles. The molecule has 1 aliphatic heterocycles. The maximum atomic E-state index is 13.2. The van der Waals surface area contributed by atoms with Crippen LogP contribution in [0, 0.1) is 0 Å². The SMILES string of the molecule is COc1cc(N2CCOCC2)ccc1-c1nc2c(c(C3CCCCC3)nn2C)c(=O)[nH]1. The summed E-state index contributed by atoms with van der Waals surface area (Å²) < 4.78 is 12.9. The lowest BCUT2D eigenvalue weighted by atomic mass is 9.86. The topological polar surface area (TPSA) is 85.3 Å². The predicted octanol–water partition coefficient (Wildman–Crippen LogP) is 3.22. The Balaban J connectivity index is 1.56. The number of hydrogen-bond acceptors (Lipinski definition) is 6. The number of morpholine rings is 1. The van der Waals surface area contributed by atoms with Gasteiger partial charge in [0.1, 0.15) is 17.0 Å². The molecular formula is C23H29N5O3. The summed E-state index contributed by atoms with van der Waals surface area (Å²) in [4.78, 5) is 23.2. The highest BCUT2D eigenvalue weighted by atomic mass is 16.5. The number of hydrogen-bond donors (Lipinski definition) is 1. The summed E-state index contributed by atoms with van der Waals surface area (Å²) in [6, 6.07) is 6.01. The Morgan fingerprint density at radius 3 is 2.68 bits per heavy atom. The summed E-state index contributed by atoms with van der Waals surface area (Å²) >= 11 is 0. The van der Waals surface area contributed by atoms with E-state index < -0.39 is 0 Å². The van der Waals surface area contributed by atoms with E-state index in [0.717, 1.165) is 56.1 Å². The van der Waals surface area contributed by atoms with E-state index in [4.69, 9.17) is 19.6 Å². The minimum absolute atomic E-state index is 0.131. The zero-order valence-electron chi connectivity index (χ0n) is 18.2. The van der Waals surface area contributed by atoms with E-state index in [2.05, 4.69) is 9.88 Å². The van der Waals surface area contributed by atoms with E-state index in [1.54, 1.807) is 11.8 Å². The first-order valence-electron chi connectivity index (χ1n) is 11.1. The molecule has 1 aromatic carbocycles. The minimum atomic E-state index is -0.131. The van der Waals surface area contributed by atoms with Crippen LogP contribution in [0.5, 0.6) is 5.75 Å². The number of ether oxygens (including phenoxy) is 2. The summed E-state index contributed by atoms with van der Waals surface area (Å²) in [7, 11) is 3.51. The highest BCUT2D eigenvalue weighted by Gasteiger charge is 2.25. The van der Waals surface area contributed by atoms with E-state index >= 15 is 0 Å². The van der Waals surface area contributed by atoms with Gasteiger partial charge < -0.3 is 19.4 Å². The molecule has 2 aromatic heterocycles. The van der Waals surface area contributed by atoms with Crippen molar-refractivity contribution in [3.63, 3.8) is 0 Å². The number of benzene rings is 1. The molecule has 0 spiro atoms. The van der Waals surface area contributed by atoms with Crippen molar-refractivity contribution in [3.8, 4) is 17.1 Å². The minimum Gasteiger partial charge on any atom is -0.496 e. The Bertz CT molecular complexity index is 1140. The van der Waals surface area contributed by atoms with Crippen LogP contribution in [0.1, 0.15) is 43.7 Å². The first-order chi connectivity index (χ1) is 15.2. The predicted molar refractivity (Wildman–Crippen MR) is 120 cm³/mol. The van der Waals surface area contributed by atoms with Crippen LogP contribution in [-0.2, 0) is 11.8 Å². The van der Waals surface area contributed by atoms with Gasteiger partial charge >= 0.3 is 0 Å². The number of aromatic amines is 1. The highest BCUT2D eigenvalue weighted by Crippen LogP contribution is 2.36. The average Bonchev–Trinajstić information content (AvgIpc) is 3.16. The molecule has 0 atom stereocenters. The molecule has 1 saturated heterocycles. The first kappa shape index (κ1) is 20.1. The largest absolute Gasteiger partial charge is 0.496 e. The molecule has 8 nitrogen and oxygen atoms in total. The molecule has 0 bridgehead atoms. The Hall–Kier alpha value is -2.87. The summed E-state index contributed by atoms with van der Waals surface area (Å²) in [6.45, 7) is 3.14. The van der Waals surface area contributed by atoms with Crippen LogP contribution >= 0.6 is 0 Å². The lowest BCUT2D eigenvalue weighted by Gasteiger charge is -2.29. The first-order valence-corrected chi connectivity index (χ1v) is 11.1. The number of anilines is 1. The molecule has 1 N–H and O–H groups in total. The number of fused-ring (bicyclic) bond motifs is 1. The zero-order valence-corrected chi connectivity index (χ0v) is 18.2. The maximum Gasteiger partial charge on any atom is 0.262 e. The molecule has 0 unspecified atom stereocenters. The smallest absolute Gasteiger partial charge is 0.262 e. The van der Waals surface area contributed by atoms with Crippen molar-refractivity contribution in [1.82, 2.24) is 19.7 Å². The van der Waals surface area contributed by atoms with Crippen molar-refractivity contribution >= 4 is 16.7 Å². The van der Waals surface area contributed by atoms with Gasteiger partial charge in [0.2, 0.25) is 0 Å². The van der Waals surface area contributed by atoms with E-state index in [0.29, 0.717) is 28.5 Å². The number of rotatable bonds is 4. The van der Waals surface area contributed by atoms with Gasteiger partial charge in [-0.15, -0.1) is 0 Å². The van der Waals surface area contributed by atoms with Crippen molar-refractivity contribution in [3.05, 3.63) is 34.2 Å². The van der Waals surface area contributed by atoms with Crippen LogP contribution in [0.25, 0.3) is 22.4 Å². The Morgan fingerprint density at radius 2 is 1.94 bits per heavy atom. The molecule has 1 saturated carbocycles. The van der Waals surface area contributed by atoms with Crippen LogP contribution in [0.15, 0.2) is 23.0 Å². The third kappa shape index (κ3) is 3.69. The van der Waals surface area contributed by atoms with Crippen molar-refractivity contribution in [1.29, 1.82) is 0 Å². The second kappa shape index (κ2) is 8.34. The fourth-order valence-corrected chi connectivity index (χ4v) is 4.87. The summed E-state index contributed by atoms with van der Waals surface area (Å²) in [6.07, 6.45) is 5.83. The van der Waals surface area contributed by atoms with Crippen LogP contribution in [0.4, 0.5) is 5.69 Å². The molecule has 3 heterocycles. The fraction of sp³-hybridized carbons (Fsp3) is 0.522. The summed E-state index contributed by atoms with van der Waals surface area (Å²) in [5.41, 5.74) is 3.23. The Kier molecular flexibility index (Phi) is 5.40. The molecule has 2 fully saturated rings. The highest BCUT2D eigenvalue weighted by molar-refractivity contribution is 5.81. The van der Waals surface area contributed by atoms with Crippen LogP contribution < -0.4 is 15.2 Å². The Morgan fingerprint density at radius 1 is 1.16 bits per heavy atom. The summed E-state index contributed by atoms with van der Waals surface area (Å²) in [5, 5.41) is 5.34. The van der Waals surface area contributed by atoms with Gasteiger partial charge in [-0.25, -0.2) is 9.67 Å². The summed E-state index contributed by atoms with van der Waals surface area (Å²) in [5.74, 6) is 1.52. The lowest BCUT2D eigenvalue weighted by Crippen LogP contribution is -2.36. The number of nitrogens with one attached hydrogen (secondary N) is 1. The van der Waals surface area contributed by atoms with Gasteiger partial charge in [-0.3, -0.25) is 4.79 Å². The quantitative estimate of drug-likeness (QED) is 0.694. The van der Waals surface area contributed by atoms with Crippen molar-refractivity contribution in [2.45, 2.75) is 38.0 Å². The monoisotopic (exact) mass is 423 g/mol. The van der Waals surface area contributed by atoms with Gasteiger partial charge in [0.25, 0.3) is 5.56 Å². The van der Waals surface area contributed by atoms with Gasteiger partial charge in [-0.2, -0.15) is 5.10 Å². The zero-order chi connectivity index (χ0) is 21.4. The van der Waals surface area contributed by atoms with Crippen LogP contribution in [0.2, 0.25) is 0 Å². The average molecular weight is 424 g/mol. The number of methoxy groups -OCH3 is 1. The second-order valence-corrected chi connectivity index (χ2v) is 8.44. The molecule has 31 heavy (non-hydrogen) atoms. The van der Waals surface area contributed by atoms with Gasteiger partial charge in [-0.1, -0.05) is 19.3 Å². The number of H-pyrrole nitrogens is 1. The lowest BCUT2D eigenvalue weighted by molar-refractivity contribution is 0.122. The van der Waals surface area contributed by atoms with Gasteiger partial charge in [0.15, 0.2) is 5.65 Å². The molecule has 3 aromatic rings. The van der Waals surface area contributed by atoms with Crippen molar-refractivity contribution in [2.24, 2.45) is 7.05 Å². The normalized spacial score (nSPS) is 17.9. The number of aromatic nitrogens is 4. The number of nitrogens with zero attached hydrogens (tertiary/aromatic N) is 4. The second-order valence-electron chi connectivity index (χ2n) is 8.44. The van der Waals surface area contributed by atoms with Gasteiger partial charge in [-0.05, 0) is 25.0 Å². The van der Waals surface area contributed by atoms with Crippen molar-refractivity contribution in [2.75, 3.05) is 38.3 Å². The molecular weight excluding hydrogens is 394 g/mol. The third-order valence-electron chi connectivity index (χ3n) is 6.53. The third-order valence-corrected chi connectivity index (χ3v) is 6.53. The van der Waals surface area contributed by atoms with Gasteiger partial charge in [0.05, 0.1) is 31.6 Å². The molecule has 8 heteroatoms. The van der Waals surface area contributed by atoms with E-state index in [1.807, 2.05) is 25.2 Å². The van der Waals surface area contributed by atoms with Crippen molar-refractivity contribution < 1.29 is 9.47 Å². The number of aryl methyl sites for hydroxylation is 1. The molecule has 164 valence electrons. The standard InChI is InChI=1S/C23H29N5O3/c1-27-22-19(20(26-27)15-6-4-3-5-7-15)23(29)25-21(24-22)17-9-8-16(14-18(17)30-2)28-10-12-31-13-11-28/h8-9,14-15H,3-7,10-13H2,1-2H3,(H,24,25,29). The van der Waals surface area contributed by atoms with E-state index in [9.17, 15) is 4.79 Å². The molecule has 5 rings (SSSR count). The van der Waals surface area contributed by atoms with E-state index in [1.165, 1.54) is 19.3 Å². The van der Waals surface area contributed by atoms with Gasteiger partial charge in [0, 0.05) is 37.8 Å². The molecule has 0 radical (unpaired) electrons.